The predicted molar refractivity (Wildman–Crippen MR) is 75.6 cm³/mol. The van der Waals surface area contributed by atoms with Crippen molar-refractivity contribution in [3.63, 3.8) is 0 Å². The number of ether oxygens (including phenoxy) is 1. The molecule has 2 N–H and O–H groups in total. The van der Waals surface area contributed by atoms with Crippen LogP contribution in [-0.2, 0) is 0 Å². The van der Waals surface area contributed by atoms with E-state index in [1.807, 2.05) is 24.3 Å². The van der Waals surface area contributed by atoms with E-state index < -0.39 is 0 Å². The molecule has 90 valence electrons. The quantitative estimate of drug-likeness (QED) is 0.709. The summed E-state index contributed by atoms with van der Waals surface area (Å²) >= 11 is 7.38. The van der Waals surface area contributed by atoms with Gasteiger partial charge < -0.3 is 10.5 Å². The Morgan fingerprint density at radius 3 is 2.83 bits per heavy atom. The lowest BCUT2D eigenvalue weighted by atomic mass is 10.3. The van der Waals surface area contributed by atoms with Crippen LogP contribution in [0.5, 0.6) is 10.9 Å². The number of nitrogens with zero attached hydrogens (tertiary/aromatic N) is 1. The molecule has 18 heavy (non-hydrogen) atoms. The minimum Gasteiger partial charge on any atom is -0.429 e. The van der Waals surface area contributed by atoms with Crippen LogP contribution in [0.15, 0.2) is 42.5 Å². The highest BCUT2D eigenvalue weighted by molar-refractivity contribution is 7.20. The number of anilines is 1. The van der Waals surface area contributed by atoms with Gasteiger partial charge in [0.15, 0.2) is 5.75 Å². The van der Waals surface area contributed by atoms with Gasteiger partial charge >= 0.3 is 0 Å². The van der Waals surface area contributed by atoms with Gasteiger partial charge in [0.2, 0.25) is 0 Å². The van der Waals surface area contributed by atoms with Gasteiger partial charge in [-0.05, 0) is 24.3 Å². The topological polar surface area (TPSA) is 48.1 Å². The summed E-state index contributed by atoms with van der Waals surface area (Å²) in [7, 11) is 0. The van der Waals surface area contributed by atoms with Crippen molar-refractivity contribution in [1.82, 2.24) is 4.98 Å². The molecule has 0 spiro atoms. The Kier molecular flexibility index (Phi) is 2.81. The van der Waals surface area contributed by atoms with Gasteiger partial charge in [0.1, 0.15) is 0 Å². The van der Waals surface area contributed by atoms with Gasteiger partial charge in [-0.2, -0.15) is 0 Å². The zero-order valence-corrected chi connectivity index (χ0v) is 10.8. The number of nitrogen functional groups attached to an aromatic ring is 1. The normalized spacial score (nSPS) is 10.7. The van der Waals surface area contributed by atoms with Crippen LogP contribution in [0.1, 0.15) is 0 Å². The first-order valence-electron chi connectivity index (χ1n) is 5.31. The number of nitrogens with two attached hydrogens (primary N) is 1. The zero-order valence-electron chi connectivity index (χ0n) is 9.26. The first kappa shape index (κ1) is 11.3. The van der Waals surface area contributed by atoms with Crippen LogP contribution in [-0.4, -0.2) is 4.98 Å². The number of thiazole rings is 1. The van der Waals surface area contributed by atoms with E-state index in [0.29, 0.717) is 21.7 Å². The lowest BCUT2D eigenvalue weighted by Gasteiger charge is -2.05. The molecule has 3 aromatic rings. The van der Waals surface area contributed by atoms with E-state index in [9.17, 15) is 0 Å². The van der Waals surface area contributed by atoms with Gasteiger partial charge in [-0.3, -0.25) is 0 Å². The monoisotopic (exact) mass is 276 g/mol. The molecule has 0 radical (unpaired) electrons. The third-order valence-electron chi connectivity index (χ3n) is 2.45. The van der Waals surface area contributed by atoms with Crippen LogP contribution in [0.25, 0.3) is 10.2 Å². The number of rotatable bonds is 2. The molecular formula is C13H9ClN2OS. The molecule has 0 aliphatic carbocycles. The Morgan fingerprint density at radius 1 is 1.17 bits per heavy atom. The highest BCUT2D eigenvalue weighted by atomic mass is 35.5. The van der Waals surface area contributed by atoms with Crippen molar-refractivity contribution < 1.29 is 4.74 Å². The zero-order chi connectivity index (χ0) is 12.5. The molecule has 3 rings (SSSR count). The lowest BCUT2D eigenvalue weighted by Crippen LogP contribution is -1.91. The van der Waals surface area contributed by atoms with Gasteiger partial charge in [-0.15, -0.1) is 0 Å². The second-order valence-electron chi connectivity index (χ2n) is 3.73. The molecule has 5 heteroatoms. The van der Waals surface area contributed by atoms with Crippen LogP contribution in [0.2, 0.25) is 5.02 Å². The fourth-order valence-electron chi connectivity index (χ4n) is 1.59. The van der Waals surface area contributed by atoms with E-state index in [-0.39, 0.29) is 0 Å². The van der Waals surface area contributed by atoms with Gasteiger partial charge in [0.25, 0.3) is 5.19 Å². The van der Waals surface area contributed by atoms with Crippen LogP contribution in [0.4, 0.5) is 5.69 Å². The average molecular weight is 277 g/mol. The molecule has 3 nitrogen and oxygen atoms in total. The SMILES string of the molecule is Nc1ccc(Cl)cc1Oc1nc2ccccc2s1. The summed E-state index contributed by atoms with van der Waals surface area (Å²) in [6, 6.07) is 13.0. The summed E-state index contributed by atoms with van der Waals surface area (Å²) in [5.41, 5.74) is 7.28. The van der Waals surface area contributed by atoms with Crippen molar-refractivity contribution in [1.29, 1.82) is 0 Å². The van der Waals surface area contributed by atoms with Gasteiger partial charge in [0.05, 0.1) is 15.9 Å². The largest absolute Gasteiger partial charge is 0.429 e. The molecule has 0 saturated carbocycles. The van der Waals surface area contributed by atoms with Crippen molar-refractivity contribution in [2.75, 3.05) is 5.73 Å². The van der Waals surface area contributed by atoms with E-state index in [1.54, 1.807) is 18.2 Å². The van der Waals surface area contributed by atoms with Crippen molar-refractivity contribution in [3.8, 4) is 10.9 Å². The lowest BCUT2D eigenvalue weighted by molar-refractivity contribution is 0.482. The highest BCUT2D eigenvalue weighted by Gasteiger charge is 2.08. The molecule has 2 aromatic carbocycles. The van der Waals surface area contributed by atoms with E-state index in [4.69, 9.17) is 22.1 Å². The number of aromatic nitrogens is 1. The minimum atomic E-state index is 0.529. The summed E-state index contributed by atoms with van der Waals surface area (Å²) in [5.74, 6) is 0.529. The third kappa shape index (κ3) is 2.12. The summed E-state index contributed by atoms with van der Waals surface area (Å²) < 4.78 is 6.75. The fraction of sp³-hybridized carbons (Fsp3) is 0. The van der Waals surface area contributed by atoms with Gasteiger partial charge in [-0.25, -0.2) is 4.98 Å². The molecule has 1 aromatic heterocycles. The second-order valence-corrected chi connectivity index (χ2v) is 5.16. The van der Waals surface area contributed by atoms with E-state index >= 15 is 0 Å². The maximum absolute atomic E-state index is 5.91. The summed E-state index contributed by atoms with van der Waals surface area (Å²) in [5, 5.41) is 1.14. The first-order valence-corrected chi connectivity index (χ1v) is 6.50. The molecule has 0 aliphatic heterocycles. The molecule has 0 aliphatic rings. The van der Waals surface area contributed by atoms with Crippen LogP contribution in [0.3, 0.4) is 0 Å². The number of para-hydroxylation sites is 1. The molecule has 0 unspecified atom stereocenters. The molecular weight excluding hydrogens is 268 g/mol. The van der Waals surface area contributed by atoms with E-state index in [2.05, 4.69) is 4.98 Å². The summed E-state index contributed by atoms with van der Waals surface area (Å²) in [6.45, 7) is 0. The van der Waals surface area contributed by atoms with Crippen molar-refractivity contribution in [3.05, 3.63) is 47.5 Å². The smallest absolute Gasteiger partial charge is 0.279 e. The average Bonchev–Trinajstić information content (AvgIpc) is 2.76. The second kappa shape index (κ2) is 4.48. The number of halogens is 1. The van der Waals surface area contributed by atoms with E-state index in [1.165, 1.54) is 11.3 Å². The summed E-state index contributed by atoms with van der Waals surface area (Å²) in [4.78, 5) is 4.38. The maximum atomic E-state index is 5.91. The van der Waals surface area contributed by atoms with Crippen molar-refractivity contribution in [2.45, 2.75) is 0 Å². The molecule has 0 atom stereocenters. The minimum absolute atomic E-state index is 0.529. The maximum Gasteiger partial charge on any atom is 0.279 e. The van der Waals surface area contributed by atoms with Crippen LogP contribution >= 0.6 is 22.9 Å². The first-order chi connectivity index (χ1) is 8.72. The fourth-order valence-corrected chi connectivity index (χ4v) is 2.58. The van der Waals surface area contributed by atoms with Crippen LogP contribution < -0.4 is 10.5 Å². The Balaban J connectivity index is 1.98. The van der Waals surface area contributed by atoms with Gasteiger partial charge in [-0.1, -0.05) is 35.1 Å². The molecule has 0 saturated heterocycles. The van der Waals surface area contributed by atoms with Gasteiger partial charge in [0, 0.05) is 11.1 Å². The Hall–Kier alpha value is -1.78. The number of hydrogen-bond donors (Lipinski definition) is 1. The highest BCUT2D eigenvalue weighted by Crippen LogP contribution is 2.34. The van der Waals surface area contributed by atoms with Crippen molar-refractivity contribution >= 4 is 38.8 Å². The Labute approximate surface area is 113 Å². The van der Waals surface area contributed by atoms with E-state index in [0.717, 1.165) is 10.2 Å². The van der Waals surface area contributed by atoms with Crippen molar-refractivity contribution in [2.24, 2.45) is 0 Å². The molecule has 1 heterocycles. The standard InChI is InChI=1S/C13H9ClN2OS/c14-8-5-6-9(15)11(7-8)17-13-16-10-3-1-2-4-12(10)18-13/h1-7H,15H2. The number of fused-ring (bicyclic) bond motifs is 1. The molecule has 0 bridgehead atoms. The Morgan fingerprint density at radius 2 is 2.00 bits per heavy atom. The third-order valence-corrected chi connectivity index (χ3v) is 3.60. The Bertz CT molecular complexity index is 678. The van der Waals surface area contributed by atoms with Crippen LogP contribution in [0, 0.1) is 0 Å². The predicted octanol–water partition coefficient (Wildman–Crippen LogP) is 4.32. The number of hydrogen-bond acceptors (Lipinski definition) is 4. The molecule has 0 amide bonds. The number of benzene rings is 2. The molecule has 0 fully saturated rings. The summed E-state index contributed by atoms with van der Waals surface area (Å²) in [6.07, 6.45) is 0.